The van der Waals surface area contributed by atoms with Gasteiger partial charge in [-0.15, -0.1) is 0 Å². The van der Waals surface area contributed by atoms with Gasteiger partial charge in [0.2, 0.25) is 11.8 Å². The smallest absolute Gasteiger partial charge is 0.416 e. The van der Waals surface area contributed by atoms with Gasteiger partial charge in [-0.25, -0.2) is 0 Å². The molecule has 0 aliphatic heterocycles. The number of nitrogens with one attached hydrogen (secondary N) is 1. The third-order valence-electron chi connectivity index (χ3n) is 4.20. The third-order valence-corrected chi connectivity index (χ3v) is 4.20. The van der Waals surface area contributed by atoms with E-state index in [9.17, 15) is 32.3 Å². The van der Waals surface area contributed by atoms with E-state index in [1.807, 2.05) is 0 Å². The van der Waals surface area contributed by atoms with E-state index in [-0.39, 0.29) is 5.56 Å². The van der Waals surface area contributed by atoms with Crippen molar-refractivity contribution in [2.75, 3.05) is 14.2 Å². The van der Waals surface area contributed by atoms with Gasteiger partial charge in [-0.05, 0) is 11.6 Å². The van der Waals surface area contributed by atoms with E-state index in [0.717, 1.165) is 32.4 Å². The summed E-state index contributed by atoms with van der Waals surface area (Å²) in [7, 11) is 2.05. The molecule has 2 atom stereocenters. The van der Waals surface area contributed by atoms with Gasteiger partial charge >= 0.3 is 18.1 Å². The SMILES string of the molecule is COC(=O)C(C(=O)OC)[C@H](C)[C@H](NC(=O)Cc1cccc(C(F)(F)F)c1)C(N)=O. The summed E-state index contributed by atoms with van der Waals surface area (Å²) in [5.41, 5.74) is 4.39. The van der Waals surface area contributed by atoms with Crippen LogP contribution in [-0.2, 0) is 41.2 Å². The number of hydrogen-bond acceptors (Lipinski definition) is 6. The lowest BCUT2D eigenvalue weighted by atomic mass is 9.86. The second kappa shape index (κ2) is 9.89. The second-order valence-electron chi connectivity index (χ2n) is 6.21. The van der Waals surface area contributed by atoms with E-state index >= 15 is 0 Å². The van der Waals surface area contributed by atoms with Gasteiger partial charge in [0.25, 0.3) is 0 Å². The Morgan fingerprint density at radius 3 is 2.10 bits per heavy atom. The van der Waals surface area contributed by atoms with Crippen molar-refractivity contribution in [1.29, 1.82) is 0 Å². The van der Waals surface area contributed by atoms with Gasteiger partial charge in [-0.3, -0.25) is 19.2 Å². The molecule has 0 saturated carbocycles. The molecule has 0 spiro atoms. The average Bonchev–Trinajstić information content (AvgIpc) is 2.64. The standard InChI is InChI=1S/C18H21F3N2O6/c1-9(13(16(26)28-2)17(27)29-3)14(15(22)25)23-12(24)8-10-5-4-6-11(7-10)18(19,20)21/h4-7,9,13-14H,8H2,1-3H3,(H2,22,25)(H,23,24)/t9-,14-/m0/s1. The van der Waals surface area contributed by atoms with Gasteiger partial charge < -0.3 is 20.5 Å². The van der Waals surface area contributed by atoms with Crippen molar-refractivity contribution in [3.63, 3.8) is 0 Å². The molecule has 0 heterocycles. The summed E-state index contributed by atoms with van der Waals surface area (Å²) >= 11 is 0. The lowest BCUT2D eigenvalue weighted by Crippen LogP contribution is -2.53. The minimum absolute atomic E-state index is 0.0469. The van der Waals surface area contributed by atoms with E-state index in [1.165, 1.54) is 13.0 Å². The highest BCUT2D eigenvalue weighted by atomic mass is 19.4. The van der Waals surface area contributed by atoms with Crippen molar-refractivity contribution >= 4 is 23.8 Å². The first-order valence-electron chi connectivity index (χ1n) is 8.32. The van der Waals surface area contributed by atoms with Crippen LogP contribution in [0.1, 0.15) is 18.1 Å². The number of benzene rings is 1. The summed E-state index contributed by atoms with van der Waals surface area (Å²) in [5.74, 6) is -6.55. The van der Waals surface area contributed by atoms with Crippen LogP contribution in [0.3, 0.4) is 0 Å². The first-order chi connectivity index (χ1) is 13.4. The fourth-order valence-electron chi connectivity index (χ4n) is 2.70. The number of alkyl halides is 3. The third kappa shape index (κ3) is 6.47. The Hall–Kier alpha value is -3.11. The summed E-state index contributed by atoms with van der Waals surface area (Å²) < 4.78 is 47.4. The van der Waals surface area contributed by atoms with Gasteiger partial charge in [0.15, 0.2) is 5.92 Å². The molecule has 0 saturated heterocycles. The number of ether oxygens (including phenoxy) is 2. The highest BCUT2D eigenvalue weighted by molar-refractivity contribution is 5.97. The fraction of sp³-hybridized carbons (Fsp3) is 0.444. The van der Waals surface area contributed by atoms with Crippen molar-refractivity contribution in [3.8, 4) is 0 Å². The zero-order valence-corrected chi connectivity index (χ0v) is 15.9. The van der Waals surface area contributed by atoms with Gasteiger partial charge in [0.1, 0.15) is 6.04 Å². The monoisotopic (exact) mass is 418 g/mol. The Morgan fingerprint density at radius 1 is 1.10 bits per heavy atom. The van der Waals surface area contributed by atoms with E-state index < -0.39 is 59.8 Å². The molecule has 29 heavy (non-hydrogen) atoms. The summed E-state index contributed by atoms with van der Waals surface area (Å²) in [6, 6.07) is 2.63. The lowest BCUT2D eigenvalue weighted by molar-refractivity contribution is -0.162. The zero-order chi connectivity index (χ0) is 22.4. The summed E-state index contributed by atoms with van der Waals surface area (Å²) in [6.45, 7) is 1.30. The molecule has 2 amide bonds. The van der Waals surface area contributed by atoms with Crippen LogP contribution in [0, 0.1) is 11.8 Å². The summed E-state index contributed by atoms with van der Waals surface area (Å²) in [4.78, 5) is 47.8. The number of primary amides is 1. The molecule has 0 aromatic heterocycles. The van der Waals surface area contributed by atoms with Gasteiger partial charge in [-0.2, -0.15) is 13.2 Å². The molecular weight excluding hydrogens is 397 g/mol. The Bertz CT molecular complexity index is 765. The molecule has 3 N–H and O–H groups in total. The molecule has 1 rings (SSSR count). The van der Waals surface area contributed by atoms with Crippen LogP contribution in [0.2, 0.25) is 0 Å². The quantitative estimate of drug-likeness (QED) is 0.476. The number of amides is 2. The van der Waals surface area contributed by atoms with Crippen molar-refractivity contribution in [3.05, 3.63) is 35.4 Å². The molecule has 0 bridgehead atoms. The average molecular weight is 418 g/mol. The van der Waals surface area contributed by atoms with Crippen LogP contribution in [0.15, 0.2) is 24.3 Å². The minimum Gasteiger partial charge on any atom is -0.468 e. The number of methoxy groups -OCH3 is 2. The second-order valence-corrected chi connectivity index (χ2v) is 6.21. The highest BCUT2D eigenvalue weighted by Crippen LogP contribution is 2.29. The largest absolute Gasteiger partial charge is 0.468 e. The van der Waals surface area contributed by atoms with E-state index in [0.29, 0.717) is 0 Å². The normalized spacial score (nSPS) is 13.3. The van der Waals surface area contributed by atoms with Crippen LogP contribution in [0.5, 0.6) is 0 Å². The Labute approximate surface area is 164 Å². The number of nitrogens with two attached hydrogens (primary N) is 1. The Balaban J connectivity index is 3.01. The Kier molecular flexibility index (Phi) is 8.16. The molecule has 8 nitrogen and oxygen atoms in total. The number of halogens is 3. The van der Waals surface area contributed by atoms with Crippen LogP contribution in [-0.4, -0.2) is 44.0 Å². The van der Waals surface area contributed by atoms with Crippen LogP contribution in [0.4, 0.5) is 13.2 Å². The molecule has 11 heteroatoms. The van der Waals surface area contributed by atoms with E-state index in [1.54, 1.807) is 0 Å². The summed E-state index contributed by atoms with van der Waals surface area (Å²) in [6.07, 6.45) is -5.06. The molecule has 0 fully saturated rings. The van der Waals surface area contributed by atoms with Crippen molar-refractivity contribution in [1.82, 2.24) is 5.32 Å². The predicted molar refractivity (Wildman–Crippen MR) is 93.0 cm³/mol. The molecule has 1 aromatic carbocycles. The van der Waals surface area contributed by atoms with Crippen LogP contribution in [0.25, 0.3) is 0 Å². The van der Waals surface area contributed by atoms with Crippen LogP contribution >= 0.6 is 0 Å². The maximum Gasteiger partial charge on any atom is 0.416 e. The van der Waals surface area contributed by atoms with Crippen molar-refractivity contribution in [2.45, 2.75) is 25.6 Å². The number of carbonyl (C=O) groups excluding carboxylic acids is 4. The van der Waals surface area contributed by atoms with E-state index in [2.05, 4.69) is 14.8 Å². The molecule has 0 unspecified atom stereocenters. The molecule has 160 valence electrons. The van der Waals surface area contributed by atoms with Gasteiger partial charge in [0, 0.05) is 5.92 Å². The zero-order valence-electron chi connectivity index (χ0n) is 15.9. The lowest BCUT2D eigenvalue weighted by Gasteiger charge is -2.26. The summed E-state index contributed by atoms with van der Waals surface area (Å²) in [5, 5.41) is 2.25. The maximum absolute atomic E-state index is 12.8. The first kappa shape index (κ1) is 23.9. The minimum atomic E-state index is -4.58. The molecule has 0 radical (unpaired) electrons. The number of esters is 2. The van der Waals surface area contributed by atoms with E-state index in [4.69, 9.17) is 5.73 Å². The van der Waals surface area contributed by atoms with Gasteiger partial charge in [0.05, 0.1) is 26.2 Å². The highest BCUT2D eigenvalue weighted by Gasteiger charge is 2.41. The van der Waals surface area contributed by atoms with Crippen molar-refractivity contribution < 1.29 is 41.8 Å². The number of carbonyl (C=O) groups is 4. The topological polar surface area (TPSA) is 125 Å². The number of rotatable bonds is 8. The molecule has 0 aliphatic carbocycles. The fourth-order valence-corrected chi connectivity index (χ4v) is 2.70. The van der Waals surface area contributed by atoms with Crippen LogP contribution < -0.4 is 11.1 Å². The molecular formula is C18H21F3N2O6. The molecule has 1 aromatic rings. The first-order valence-corrected chi connectivity index (χ1v) is 8.32. The molecule has 0 aliphatic rings. The van der Waals surface area contributed by atoms with Gasteiger partial charge in [-0.1, -0.05) is 25.1 Å². The Morgan fingerprint density at radius 2 is 1.66 bits per heavy atom. The van der Waals surface area contributed by atoms with Crippen molar-refractivity contribution in [2.24, 2.45) is 17.6 Å². The number of hydrogen-bond donors (Lipinski definition) is 2. The maximum atomic E-state index is 12.8. The predicted octanol–water partition coefficient (Wildman–Crippen LogP) is 0.816.